The Kier molecular flexibility index (Phi) is 7.30. The second-order valence-electron chi connectivity index (χ2n) is 6.67. The molecule has 0 bridgehead atoms. The highest BCUT2D eigenvalue weighted by atomic mass is 16.7. The van der Waals surface area contributed by atoms with Gasteiger partial charge in [-0.1, -0.05) is 0 Å². The molecule has 9 heteroatoms. The third-order valence-electron chi connectivity index (χ3n) is 4.45. The molecular formula is C16H27NO8. The molecular weight excluding hydrogens is 334 g/mol. The molecule has 1 aliphatic rings. The van der Waals surface area contributed by atoms with Gasteiger partial charge in [0.15, 0.2) is 5.79 Å². The normalized spacial score (nSPS) is 22.7. The van der Waals surface area contributed by atoms with Gasteiger partial charge in [-0.25, -0.2) is 0 Å². The zero-order chi connectivity index (χ0) is 19.3. The molecule has 0 amide bonds. The quantitative estimate of drug-likeness (QED) is 0.346. The minimum Gasteiger partial charge on any atom is -0.469 e. The third-order valence-corrected chi connectivity index (χ3v) is 4.45. The number of ether oxygens (including phenoxy) is 4. The number of rotatable bonds is 9. The van der Waals surface area contributed by atoms with E-state index in [1.807, 2.05) is 0 Å². The Morgan fingerprint density at radius 3 is 2.48 bits per heavy atom. The topological polar surface area (TPSA) is 114 Å². The molecule has 9 nitrogen and oxygen atoms in total. The Hall–Kier alpha value is -1.74. The van der Waals surface area contributed by atoms with Crippen LogP contribution in [0.3, 0.4) is 0 Å². The minimum absolute atomic E-state index is 0.0863. The molecule has 0 radical (unpaired) electrons. The van der Waals surface area contributed by atoms with Gasteiger partial charge in [0.2, 0.25) is 5.54 Å². The largest absolute Gasteiger partial charge is 0.469 e. The fourth-order valence-electron chi connectivity index (χ4n) is 2.93. The first-order valence-corrected chi connectivity index (χ1v) is 8.24. The van der Waals surface area contributed by atoms with Crippen LogP contribution in [-0.4, -0.2) is 54.6 Å². The summed E-state index contributed by atoms with van der Waals surface area (Å²) in [6.07, 6.45) is -1.08. The first kappa shape index (κ1) is 21.3. The number of nitrogens with zero attached hydrogens (tertiary/aromatic N) is 1. The molecule has 1 saturated heterocycles. The Bertz CT molecular complexity index is 506. The molecule has 1 fully saturated rings. The van der Waals surface area contributed by atoms with Crippen molar-refractivity contribution in [3.63, 3.8) is 0 Å². The number of carbonyl (C=O) groups is 2. The summed E-state index contributed by atoms with van der Waals surface area (Å²) in [5, 5.41) is 11.8. The van der Waals surface area contributed by atoms with Crippen molar-refractivity contribution in [1.29, 1.82) is 0 Å². The summed E-state index contributed by atoms with van der Waals surface area (Å²) < 4.78 is 20.8. The Labute approximate surface area is 147 Å². The van der Waals surface area contributed by atoms with E-state index < -0.39 is 40.2 Å². The molecule has 0 aliphatic carbocycles. The molecule has 1 heterocycles. The van der Waals surface area contributed by atoms with Crippen LogP contribution in [-0.2, 0) is 28.5 Å². The van der Waals surface area contributed by atoms with Gasteiger partial charge in [0.25, 0.3) is 0 Å². The van der Waals surface area contributed by atoms with Gasteiger partial charge in [-0.05, 0) is 20.8 Å². The van der Waals surface area contributed by atoms with Crippen molar-refractivity contribution in [2.75, 3.05) is 20.3 Å². The Morgan fingerprint density at radius 1 is 1.40 bits per heavy atom. The summed E-state index contributed by atoms with van der Waals surface area (Å²) in [6.45, 7) is 6.78. The second kappa shape index (κ2) is 8.57. The van der Waals surface area contributed by atoms with Crippen molar-refractivity contribution in [2.24, 2.45) is 5.92 Å². The van der Waals surface area contributed by atoms with E-state index in [-0.39, 0.29) is 32.5 Å². The molecule has 0 saturated carbocycles. The van der Waals surface area contributed by atoms with Crippen molar-refractivity contribution >= 4 is 11.9 Å². The van der Waals surface area contributed by atoms with Gasteiger partial charge >= 0.3 is 11.9 Å². The number of esters is 2. The van der Waals surface area contributed by atoms with E-state index in [1.165, 1.54) is 14.0 Å². The molecule has 0 N–H and O–H groups in total. The van der Waals surface area contributed by atoms with Crippen LogP contribution in [0.2, 0.25) is 0 Å². The summed E-state index contributed by atoms with van der Waals surface area (Å²) >= 11 is 0. The van der Waals surface area contributed by atoms with Crippen LogP contribution in [0.1, 0.15) is 47.0 Å². The van der Waals surface area contributed by atoms with Gasteiger partial charge in [-0.15, -0.1) is 0 Å². The minimum atomic E-state index is -1.57. The van der Waals surface area contributed by atoms with Gasteiger partial charge in [0.1, 0.15) is 0 Å². The highest BCUT2D eigenvalue weighted by Crippen LogP contribution is 2.38. The van der Waals surface area contributed by atoms with Crippen LogP contribution in [0.5, 0.6) is 0 Å². The molecule has 0 aromatic rings. The van der Waals surface area contributed by atoms with Crippen molar-refractivity contribution in [2.45, 2.75) is 64.4 Å². The van der Waals surface area contributed by atoms with E-state index in [1.54, 1.807) is 20.8 Å². The Balaban J connectivity index is 3.08. The van der Waals surface area contributed by atoms with Gasteiger partial charge in [0, 0.05) is 18.3 Å². The summed E-state index contributed by atoms with van der Waals surface area (Å²) in [7, 11) is 1.22. The lowest BCUT2D eigenvalue weighted by molar-refractivity contribution is -0.580. The lowest BCUT2D eigenvalue weighted by Crippen LogP contribution is -2.50. The van der Waals surface area contributed by atoms with Crippen molar-refractivity contribution in [3.05, 3.63) is 10.1 Å². The van der Waals surface area contributed by atoms with E-state index in [9.17, 15) is 19.7 Å². The number of nitro groups is 1. The van der Waals surface area contributed by atoms with E-state index in [4.69, 9.17) is 14.2 Å². The molecule has 1 unspecified atom stereocenters. The maximum Gasteiger partial charge on any atom is 0.306 e. The molecule has 0 aromatic heterocycles. The standard InChI is InChI=1S/C16H27NO8/c1-6-23-14(19)9-11(12-10-24-15(2,3)25-12)16(4,17(20)21)8-7-13(18)22-5/h11-12H,6-10H2,1-5H3/t11-,12-,16?/m1/s1. The molecule has 1 aliphatic heterocycles. The lowest BCUT2D eigenvalue weighted by atomic mass is 9.77. The van der Waals surface area contributed by atoms with Crippen LogP contribution >= 0.6 is 0 Å². The van der Waals surface area contributed by atoms with Crippen LogP contribution in [0, 0.1) is 16.0 Å². The van der Waals surface area contributed by atoms with Crippen molar-refractivity contribution in [3.8, 4) is 0 Å². The van der Waals surface area contributed by atoms with Gasteiger partial charge < -0.3 is 18.9 Å². The first-order chi connectivity index (χ1) is 11.6. The average molecular weight is 361 g/mol. The van der Waals surface area contributed by atoms with E-state index >= 15 is 0 Å². The van der Waals surface area contributed by atoms with Crippen LogP contribution in [0.4, 0.5) is 0 Å². The summed E-state index contributed by atoms with van der Waals surface area (Å²) in [5.41, 5.74) is -1.57. The predicted octanol–water partition coefficient (Wildman–Crippen LogP) is 1.70. The van der Waals surface area contributed by atoms with Gasteiger partial charge in [0.05, 0.1) is 45.2 Å². The molecule has 144 valence electrons. The van der Waals surface area contributed by atoms with Crippen molar-refractivity contribution < 1.29 is 33.5 Å². The van der Waals surface area contributed by atoms with Gasteiger partial charge in [-0.3, -0.25) is 19.7 Å². The molecule has 0 spiro atoms. The summed E-state index contributed by atoms with van der Waals surface area (Å²) in [6, 6.07) is 0. The predicted molar refractivity (Wildman–Crippen MR) is 86.3 cm³/mol. The highest BCUT2D eigenvalue weighted by molar-refractivity contribution is 5.70. The number of hydrogen-bond acceptors (Lipinski definition) is 8. The fourth-order valence-corrected chi connectivity index (χ4v) is 2.93. The highest BCUT2D eigenvalue weighted by Gasteiger charge is 2.54. The van der Waals surface area contributed by atoms with E-state index in [0.717, 1.165) is 0 Å². The summed E-state index contributed by atoms with van der Waals surface area (Å²) in [4.78, 5) is 34.8. The number of hydrogen-bond donors (Lipinski definition) is 0. The van der Waals surface area contributed by atoms with Crippen LogP contribution < -0.4 is 0 Å². The van der Waals surface area contributed by atoms with Gasteiger partial charge in [-0.2, -0.15) is 0 Å². The molecule has 25 heavy (non-hydrogen) atoms. The molecule has 3 atom stereocenters. The maximum atomic E-state index is 12.0. The van der Waals surface area contributed by atoms with Crippen LogP contribution in [0.25, 0.3) is 0 Å². The lowest BCUT2D eigenvalue weighted by Gasteiger charge is -2.33. The molecule has 0 aromatic carbocycles. The first-order valence-electron chi connectivity index (χ1n) is 8.24. The zero-order valence-electron chi connectivity index (χ0n) is 15.4. The maximum absolute atomic E-state index is 12.0. The summed E-state index contributed by atoms with van der Waals surface area (Å²) in [5.74, 6) is -2.80. The van der Waals surface area contributed by atoms with E-state index in [2.05, 4.69) is 4.74 Å². The number of methoxy groups -OCH3 is 1. The number of carbonyl (C=O) groups excluding carboxylic acids is 2. The third kappa shape index (κ3) is 5.64. The average Bonchev–Trinajstić information content (AvgIpc) is 2.89. The monoisotopic (exact) mass is 361 g/mol. The molecule has 1 rings (SSSR count). The van der Waals surface area contributed by atoms with Crippen LogP contribution in [0.15, 0.2) is 0 Å². The second-order valence-corrected chi connectivity index (χ2v) is 6.67. The Morgan fingerprint density at radius 2 is 2.04 bits per heavy atom. The van der Waals surface area contributed by atoms with Crippen molar-refractivity contribution in [1.82, 2.24) is 0 Å². The van der Waals surface area contributed by atoms with E-state index in [0.29, 0.717) is 0 Å². The SMILES string of the molecule is CCOC(=O)C[C@H]([C@H]1COC(C)(C)O1)C(C)(CCC(=O)OC)[N+](=O)[O-]. The smallest absolute Gasteiger partial charge is 0.306 e. The zero-order valence-corrected chi connectivity index (χ0v) is 15.4. The fraction of sp³-hybridized carbons (Fsp3) is 0.875.